The minimum atomic E-state index is -0.249. The Bertz CT molecular complexity index is 1380. The highest BCUT2D eigenvalue weighted by Gasteiger charge is 2.32. The van der Waals surface area contributed by atoms with Gasteiger partial charge in [-0.3, -0.25) is 14.3 Å². The first-order valence-corrected chi connectivity index (χ1v) is 12.9. The molecule has 0 unspecified atom stereocenters. The number of amides is 1. The van der Waals surface area contributed by atoms with E-state index in [-0.39, 0.29) is 6.04 Å². The third-order valence-corrected chi connectivity index (χ3v) is 6.75. The maximum absolute atomic E-state index is 12.8. The van der Waals surface area contributed by atoms with Crippen LogP contribution in [0.3, 0.4) is 0 Å². The van der Waals surface area contributed by atoms with Crippen molar-refractivity contribution in [2.75, 3.05) is 33.4 Å². The maximum Gasteiger partial charge on any atom is 0.236 e. The number of hydrogen-bond acceptors (Lipinski definition) is 8. The van der Waals surface area contributed by atoms with Crippen molar-refractivity contribution in [1.82, 2.24) is 19.4 Å². The van der Waals surface area contributed by atoms with Gasteiger partial charge in [-0.05, 0) is 32.1 Å². The van der Waals surface area contributed by atoms with Gasteiger partial charge in [0, 0.05) is 56.1 Å². The lowest BCUT2D eigenvalue weighted by Gasteiger charge is -2.35. The zero-order chi connectivity index (χ0) is 27.8. The van der Waals surface area contributed by atoms with Crippen molar-refractivity contribution in [2.45, 2.75) is 32.7 Å². The summed E-state index contributed by atoms with van der Waals surface area (Å²) in [4.78, 5) is 30.8. The van der Waals surface area contributed by atoms with Crippen LogP contribution >= 0.6 is 0 Å². The van der Waals surface area contributed by atoms with E-state index in [1.54, 1.807) is 35.1 Å². The van der Waals surface area contributed by atoms with Gasteiger partial charge >= 0.3 is 0 Å². The van der Waals surface area contributed by atoms with Gasteiger partial charge in [0.1, 0.15) is 12.1 Å². The molecule has 10 heteroatoms. The van der Waals surface area contributed by atoms with Gasteiger partial charge < -0.3 is 14.4 Å². The van der Waals surface area contributed by atoms with Crippen molar-refractivity contribution in [3.63, 3.8) is 0 Å². The first-order chi connectivity index (χ1) is 19.0. The van der Waals surface area contributed by atoms with Gasteiger partial charge in [-0.15, -0.1) is 0 Å². The molecule has 0 N–H and O–H groups in total. The number of nitriles is 1. The molecule has 2 aliphatic rings. The molecule has 0 saturated carbocycles. The molecule has 2 aliphatic heterocycles. The second-order valence-electron chi connectivity index (χ2n) is 9.03. The van der Waals surface area contributed by atoms with E-state index in [9.17, 15) is 4.79 Å². The van der Waals surface area contributed by atoms with Crippen molar-refractivity contribution in [3.8, 4) is 11.8 Å². The van der Waals surface area contributed by atoms with Crippen LogP contribution in [-0.2, 0) is 9.53 Å². The number of aliphatic imine (C=N–C) groups is 2. The summed E-state index contributed by atoms with van der Waals surface area (Å²) in [6, 6.07) is 9.54. The average Bonchev–Trinajstić information content (AvgIpc) is 3.20. The second-order valence-corrected chi connectivity index (χ2v) is 9.03. The van der Waals surface area contributed by atoms with Crippen molar-refractivity contribution >= 4 is 24.7 Å². The number of para-hydroxylation sites is 1. The summed E-state index contributed by atoms with van der Waals surface area (Å²) < 4.78 is 13.0. The Labute approximate surface area is 228 Å². The van der Waals surface area contributed by atoms with Gasteiger partial charge in [-0.2, -0.15) is 10.3 Å². The first kappa shape index (κ1) is 27.5. The molecule has 202 valence electrons. The predicted octanol–water partition coefficient (Wildman–Crippen LogP) is 4.08. The molecule has 1 amide bonds. The molecule has 3 heterocycles. The van der Waals surface area contributed by atoms with Crippen molar-refractivity contribution < 1.29 is 14.3 Å². The molecule has 1 aromatic carbocycles. The van der Waals surface area contributed by atoms with Crippen LogP contribution in [-0.4, -0.2) is 71.3 Å². The number of allylic oxidation sites excluding steroid dienone is 3. The second kappa shape index (κ2) is 12.8. The largest absolute Gasteiger partial charge is 0.493 e. The minimum Gasteiger partial charge on any atom is -0.493 e. The number of nitrogens with zero attached hydrogens (tertiary/aromatic N) is 7. The Balaban J connectivity index is 1.84. The summed E-state index contributed by atoms with van der Waals surface area (Å²) in [5.74, 6) is 1.68. The quantitative estimate of drug-likeness (QED) is 0.262. The highest BCUT2D eigenvalue weighted by molar-refractivity contribution is 5.92. The molecule has 1 atom stereocenters. The molecule has 0 spiro atoms. The summed E-state index contributed by atoms with van der Waals surface area (Å²) in [5, 5.41) is 9.02. The van der Waals surface area contributed by atoms with E-state index in [2.05, 4.69) is 28.4 Å². The molecular formula is C29H33N7O3. The van der Waals surface area contributed by atoms with Crippen LogP contribution in [0.5, 0.6) is 5.75 Å². The molecule has 39 heavy (non-hydrogen) atoms. The topological polar surface area (TPSA) is 108 Å². The standard InChI is InChI=1S/C29H33N7O3/c1-5-34(15-17-38-4)26-12-14-31-29(35-19-32-24(22(35)3)11-10-21(2)18-30)33-28(26)36(20-37)25-13-16-39-27-9-7-6-8-23(25)27/h6-11,14,19-20,25H,2,5,12-13,15-17H2,1,3-4H3/b11-10-/t25-/m1/s1. The van der Waals surface area contributed by atoms with E-state index < -0.39 is 0 Å². The summed E-state index contributed by atoms with van der Waals surface area (Å²) >= 11 is 0. The van der Waals surface area contributed by atoms with E-state index >= 15 is 0 Å². The summed E-state index contributed by atoms with van der Waals surface area (Å²) in [6.45, 7) is 10.0. The first-order valence-electron chi connectivity index (χ1n) is 12.9. The molecule has 0 aliphatic carbocycles. The van der Waals surface area contributed by atoms with Crippen LogP contribution in [0, 0.1) is 18.3 Å². The molecule has 1 aromatic heterocycles. The van der Waals surface area contributed by atoms with Gasteiger partial charge in [-0.1, -0.05) is 24.8 Å². The Morgan fingerprint density at radius 3 is 2.95 bits per heavy atom. The fraction of sp³-hybridized carbons (Fsp3) is 0.345. The number of methoxy groups -OCH3 is 1. The number of fused-ring (bicyclic) bond motifs is 1. The van der Waals surface area contributed by atoms with E-state index in [4.69, 9.17) is 19.7 Å². The van der Waals surface area contributed by atoms with Gasteiger partial charge in [0.25, 0.3) is 0 Å². The SMILES string of the molecule is C=C(C#N)/C=C\c1ncn(C2=NC(N(C=O)[C@@H]3CCOc4ccccc43)=C(N(CC)CCOC)CC=N2)c1C. The number of ether oxygens (including phenoxy) is 2. The van der Waals surface area contributed by atoms with Crippen LogP contribution in [0.25, 0.3) is 6.08 Å². The third kappa shape index (κ3) is 5.99. The van der Waals surface area contributed by atoms with Crippen molar-refractivity contribution in [2.24, 2.45) is 9.98 Å². The fourth-order valence-electron chi connectivity index (χ4n) is 4.66. The zero-order valence-corrected chi connectivity index (χ0v) is 22.6. The summed E-state index contributed by atoms with van der Waals surface area (Å²) in [7, 11) is 1.67. The fourth-order valence-corrected chi connectivity index (χ4v) is 4.66. The zero-order valence-electron chi connectivity index (χ0n) is 22.6. The number of imidazole rings is 1. The van der Waals surface area contributed by atoms with Crippen LogP contribution in [0.4, 0.5) is 0 Å². The number of carbonyl (C=O) groups is 1. The van der Waals surface area contributed by atoms with Gasteiger partial charge in [0.05, 0.1) is 36.7 Å². The Hall–Kier alpha value is -4.49. The molecular weight excluding hydrogens is 494 g/mol. The van der Waals surface area contributed by atoms with Crippen molar-refractivity contribution in [1.29, 1.82) is 5.26 Å². The minimum absolute atomic E-state index is 0.249. The molecule has 10 nitrogen and oxygen atoms in total. The van der Waals surface area contributed by atoms with Crippen LogP contribution in [0.2, 0.25) is 0 Å². The van der Waals surface area contributed by atoms with Crippen LogP contribution < -0.4 is 4.74 Å². The molecule has 2 aromatic rings. The molecule has 0 radical (unpaired) electrons. The van der Waals surface area contributed by atoms with Gasteiger partial charge in [0.2, 0.25) is 12.4 Å². The Kier molecular flexibility index (Phi) is 9.07. The lowest BCUT2D eigenvalue weighted by atomic mass is 9.99. The van der Waals surface area contributed by atoms with Gasteiger partial charge in [0.15, 0.2) is 5.82 Å². The lowest BCUT2D eigenvalue weighted by molar-refractivity contribution is -0.119. The number of hydrogen-bond donors (Lipinski definition) is 0. The average molecular weight is 528 g/mol. The third-order valence-electron chi connectivity index (χ3n) is 6.75. The highest BCUT2D eigenvalue weighted by Crippen LogP contribution is 2.38. The Morgan fingerprint density at radius 1 is 1.38 bits per heavy atom. The molecule has 0 saturated heterocycles. The number of aromatic nitrogens is 2. The maximum atomic E-state index is 12.8. The van der Waals surface area contributed by atoms with Crippen molar-refractivity contribution in [3.05, 3.63) is 77.3 Å². The van der Waals surface area contributed by atoms with E-state index in [1.165, 1.54) is 0 Å². The normalized spacial score (nSPS) is 16.7. The summed E-state index contributed by atoms with van der Waals surface area (Å²) in [6.07, 6.45) is 8.77. The van der Waals surface area contributed by atoms with Crippen LogP contribution in [0.1, 0.15) is 42.8 Å². The molecule has 4 rings (SSSR count). The monoisotopic (exact) mass is 527 g/mol. The van der Waals surface area contributed by atoms with E-state index in [1.807, 2.05) is 43.5 Å². The number of rotatable bonds is 10. The Morgan fingerprint density at radius 2 is 2.21 bits per heavy atom. The number of carbonyl (C=O) groups excluding carboxylic acids is 1. The highest BCUT2D eigenvalue weighted by atomic mass is 16.5. The smallest absolute Gasteiger partial charge is 0.236 e. The van der Waals surface area contributed by atoms with E-state index in [0.29, 0.717) is 62.2 Å². The molecule has 0 bridgehead atoms. The van der Waals surface area contributed by atoms with Gasteiger partial charge in [-0.25, -0.2) is 9.98 Å². The van der Waals surface area contributed by atoms with E-state index in [0.717, 1.165) is 29.1 Å². The van der Waals surface area contributed by atoms with Crippen LogP contribution in [0.15, 0.2) is 70.3 Å². The lowest BCUT2D eigenvalue weighted by Crippen LogP contribution is -2.35. The summed E-state index contributed by atoms with van der Waals surface area (Å²) in [5.41, 5.74) is 3.61. The predicted molar refractivity (Wildman–Crippen MR) is 150 cm³/mol. The molecule has 0 fully saturated rings. The number of likely N-dealkylation sites (N-methyl/N-ethyl adjacent to an activating group) is 1. The number of benzene rings is 1.